The number of benzene rings is 4. The van der Waals surface area contributed by atoms with Crippen molar-refractivity contribution < 1.29 is 49.3 Å². The molecule has 206 valence electrons. The lowest BCUT2D eigenvalue weighted by Gasteiger charge is -2.31. The van der Waals surface area contributed by atoms with Crippen LogP contribution in [0.5, 0.6) is 40.2 Å². The zero-order valence-corrected chi connectivity index (χ0v) is 20.8. The van der Waals surface area contributed by atoms with Crippen LogP contribution in [-0.4, -0.2) is 41.8 Å². The molecule has 1 aliphatic heterocycles. The maximum atomic E-state index is 12.5. The van der Waals surface area contributed by atoms with Gasteiger partial charge in [-0.05, 0) is 35.9 Å². The van der Waals surface area contributed by atoms with Crippen LogP contribution in [0.4, 0.5) is 0 Å². The average Bonchev–Trinajstić information content (AvgIpc) is 2.93. The SMILES string of the molecule is O=c1cc2oc(-c3ccc(O)c(O)c3)c(O)c3c4c(O)c5c(cc4oc(c1)c23)O[C@@H](c1ccc(O)c(O)c1)[C@@H](O)C5. The predicted molar refractivity (Wildman–Crippen MR) is 145 cm³/mol. The fourth-order valence-electron chi connectivity index (χ4n) is 5.41. The van der Waals surface area contributed by atoms with Crippen molar-refractivity contribution in [3.05, 3.63) is 75.9 Å². The summed E-state index contributed by atoms with van der Waals surface area (Å²) in [4.78, 5) is 12.5. The van der Waals surface area contributed by atoms with Crippen molar-refractivity contribution in [3.8, 4) is 51.6 Å². The third-order valence-corrected chi connectivity index (χ3v) is 7.33. The van der Waals surface area contributed by atoms with Crippen molar-refractivity contribution >= 4 is 32.9 Å². The van der Waals surface area contributed by atoms with Gasteiger partial charge < -0.3 is 49.3 Å². The first kappa shape index (κ1) is 24.5. The van der Waals surface area contributed by atoms with Gasteiger partial charge in [0.15, 0.2) is 39.9 Å². The maximum absolute atomic E-state index is 12.5. The van der Waals surface area contributed by atoms with Gasteiger partial charge >= 0.3 is 0 Å². The van der Waals surface area contributed by atoms with E-state index in [1.807, 2.05) is 0 Å². The lowest BCUT2D eigenvalue weighted by Crippen LogP contribution is -2.30. The van der Waals surface area contributed by atoms with Crippen LogP contribution in [0.1, 0.15) is 17.2 Å². The van der Waals surface area contributed by atoms with E-state index in [4.69, 9.17) is 13.6 Å². The minimum Gasteiger partial charge on any atom is -0.507 e. The quantitative estimate of drug-likeness (QED) is 0.0893. The molecule has 11 nitrogen and oxygen atoms in total. The fraction of sp³-hybridized carbons (Fsp3) is 0.100. The second-order valence-corrected chi connectivity index (χ2v) is 9.89. The largest absolute Gasteiger partial charge is 0.507 e. The smallest absolute Gasteiger partial charge is 0.186 e. The molecule has 4 aromatic carbocycles. The Morgan fingerprint density at radius 3 is 2.02 bits per heavy atom. The van der Waals surface area contributed by atoms with Gasteiger partial charge in [-0.3, -0.25) is 4.79 Å². The number of fused-ring (bicyclic) bond motifs is 3. The summed E-state index contributed by atoms with van der Waals surface area (Å²) >= 11 is 0. The van der Waals surface area contributed by atoms with E-state index >= 15 is 0 Å². The first-order valence-corrected chi connectivity index (χ1v) is 12.4. The number of phenols is 5. The number of phenolic OH excluding ortho intramolecular Hbond substituents is 5. The van der Waals surface area contributed by atoms with Gasteiger partial charge in [-0.1, -0.05) is 6.07 Å². The van der Waals surface area contributed by atoms with E-state index in [0.29, 0.717) is 5.56 Å². The molecule has 41 heavy (non-hydrogen) atoms. The second-order valence-electron chi connectivity index (χ2n) is 9.89. The molecule has 0 unspecified atom stereocenters. The lowest BCUT2D eigenvalue weighted by atomic mass is 9.91. The predicted octanol–water partition coefficient (Wildman–Crippen LogP) is 4.63. The van der Waals surface area contributed by atoms with E-state index in [2.05, 4.69) is 0 Å². The van der Waals surface area contributed by atoms with Crippen LogP contribution >= 0.6 is 0 Å². The molecule has 0 bridgehead atoms. The summed E-state index contributed by atoms with van der Waals surface area (Å²) in [6.45, 7) is 0. The molecule has 1 aliphatic rings. The summed E-state index contributed by atoms with van der Waals surface area (Å²) in [6.07, 6.45) is -2.20. The van der Waals surface area contributed by atoms with Crippen LogP contribution in [0.2, 0.25) is 0 Å². The lowest BCUT2D eigenvalue weighted by molar-refractivity contribution is 0.0200. The molecule has 2 atom stereocenters. The summed E-state index contributed by atoms with van der Waals surface area (Å²) in [5, 5.41) is 73.7. The topological polar surface area (TPSA) is 194 Å². The van der Waals surface area contributed by atoms with Gasteiger partial charge in [0.1, 0.15) is 34.4 Å². The van der Waals surface area contributed by atoms with Gasteiger partial charge in [-0.15, -0.1) is 0 Å². The number of aliphatic hydroxyl groups is 1. The Kier molecular flexibility index (Phi) is 5.06. The molecule has 0 saturated carbocycles. The van der Waals surface area contributed by atoms with Crippen molar-refractivity contribution in [3.63, 3.8) is 0 Å². The minimum atomic E-state index is -1.16. The molecule has 0 radical (unpaired) electrons. The Morgan fingerprint density at radius 1 is 0.659 bits per heavy atom. The van der Waals surface area contributed by atoms with E-state index < -0.39 is 34.9 Å². The maximum Gasteiger partial charge on any atom is 0.186 e. The number of aromatic hydroxyl groups is 6. The summed E-state index contributed by atoms with van der Waals surface area (Å²) in [5.41, 5.74) is 0.468. The highest BCUT2D eigenvalue weighted by atomic mass is 16.5. The molecule has 7 rings (SSSR count). The summed E-state index contributed by atoms with van der Waals surface area (Å²) in [7, 11) is 0. The van der Waals surface area contributed by atoms with Gasteiger partial charge in [0.05, 0.1) is 16.9 Å². The molecule has 0 amide bonds. The van der Waals surface area contributed by atoms with Gasteiger partial charge in [-0.2, -0.15) is 0 Å². The molecule has 2 aromatic heterocycles. The fourth-order valence-corrected chi connectivity index (χ4v) is 5.41. The zero-order chi connectivity index (χ0) is 28.7. The average molecular weight is 556 g/mol. The highest BCUT2D eigenvalue weighted by Crippen LogP contribution is 2.51. The Hall–Kier alpha value is -5.55. The number of rotatable bonds is 2. The van der Waals surface area contributed by atoms with E-state index in [1.54, 1.807) is 0 Å². The van der Waals surface area contributed by atoms with Gasteiger partial charge in [0.2, 0.25) is 0 Å². The van der Waals surface area contributed by atoms with Crippen LogP contribution in [0, 0.1) is 0 Å². The van der Waals surface area contributed by atoms with Gasteiger partial charge in [-0.25, -0.2) is 0 Å². The first-order valence-electron chi connectivity index (χ1n) is 12.4. The van der Waals surface area contributed by atoms with Crippen LogP contribution < -0.4 is 10.2 Å². The summed E-state index contributed by atoms with van der Waals surface area (Å²) < 4.78 is 17.9. The first-order chi connectivity index (χ1) is 19.6. The Bertz CT molecular complexity index is 2120. The van der Waals surface area contributed by atoms with Crippen LogP contribution in [-0.2, 0) is 6.42 Å². The summed E-state index contributed by atoms with van der Waals surface area (Å²) in [6, 6.07) is 11.7. The number of ether oxygens (including phenoxy) is 1. The van der Waals surface area contributed by atoms with E-state index in [1.165, 1.54) is 54.6 Å². The highest BCUT2D eigenvalue weighted by Gasteiger charge is 2.34. The number of hydrogen-bond donors (Lipinski definition) is 7. The van der Waals surface area contributed by atoms with Crippen molar-refractivity contribution in [2.45, 2.75) is 18.6 Å². The normalized spacial score (nSPS) is 16.7. The Balaban J connectivity index is 1.51. The van der Waals surface area contributed by atoms with Crippen molar-refractivity contribution in [2.75, 3.05) is 0 Å². The van der Waals surface area contributed by atoms with Crippen molar-refractivity contribution in [1.82, 2.24) is 0 Å². The minimum absolute atomic E-state index is 0.0362. The molecule has 6 aromatic rings. The molecular weight excluding hydrogens is 536 g/mol. The van der Waals surface area contributed by atoms with Crippen LogP contribution in [0.15, 0.2) is 68.2 Å². The second kappa shape index (κ2) is 8.47. The third-order valence-electron chi connectivity index (χ3n) is 7.33. The molecule has 0 fully saturated rings. The van der Waals surface area contributed by atoms with E-state index in [9.17, 15) is 40.5 Å². The van der Waals surface area contributed by atoms with E-state index in [-0.39, 0.29) is 79.2 Å². The molecule has 3 heterocycles. The van der Waals surface area contributed by atoms with Crippen LogP contribution in [0.3, 0.4) is 0 Å². The third kappa shape index (κ3) is 3.60. The molecule has 0 spiro atoms. The molecule has 7 N–H and O–H groups in total. The molecular formula is C30H20O11. The molecule has 0 saturated heterocycles. The van der Waals surface area contributed by atoms with Gasteiger partial charge in [0, 0.05) is 41.1 Å². The van der Waals surface area contributed by atoms with Gasteiger partial charge in [0.25, 0.3) is 0 Å². The van der Waals surface area contributed by atoms with Crippen LogP contribution in [0.25, 0.3) is 44.2 Å². The number of hydrogen-bond acceptors (Lipinski definition) is 11. The molecule has 0 aliphatic carbocycles. The summed E-state index contributed by atoms with van der Waals surface area (Å²) in [5.74, 6) is -2.34. The Morgan fingerprint density at radius 2 is 1.32 bits per heavy atom. The zero-order valence-electron chi connectivity index (χ0n) is 20.8. The van der Waals surface area contributed by atoms with E-state index in [0.717, 1.165) is 0 Å². The van der Waals surface area contributed by atoms with Crippen molar-refractivity contribution in [2.24, 2.45) is 0 Å². The van der Waals surface area contributed by atoms with Crippen molar-refractivity contribution in [1.29, 1.82) is 0 Å². The highest BCUT2D eigenvalue weighted by molar-refractivity contribution is 6.21. The Labute approximate surface area is 228 Å². The standard InChI is InChI=1S/C30H20O11/c31-13-7-21-24-22(8-13)41-30(12-2-4-16(33)18(35)6-12)28(38)26(24)25-23(39-21)10-20-14(27(25)37)9-19(36)29(40-20)11-1-3-15(32)17(34)5-11/h1-8,10,19,29,32-38H,9H2/t19-,29-/m0/s1. The number of aliphatic hydroxyl groups excluding tert-OH is 1. The monoisotopic (exact) mass is 556 g/mol. The molecule has 11 heteroatoms.